The number of aryl methyl sites for hydroxylation is 1. The summed E-state index contributed by atoms with van der Waals surface area (Å²) < 4.78 is 11.6. The molecule has 0 saturated heterocycles. The van der Waals surface area contributed by atoms with Gasteiger partial charge in [0.25, 0.3) is 6.71 Å². The molecule has 7 aromatic carbocycles. The van der Waals surface area contributed by atoms with Crippen LogP contribution < -0.4 is 21.1 Å². The van der Waals surface area contributed by atoms with E-state index in [1.165, 1.54) is 76.9 Å². The minimum Gasteiger partial charge on any atom is -0.458 e. The highest BCUT2D eigenvalue weighted by molar-refractivity contribution is 6.98. The Morgan fingerprint density at radius 1 is 0.426 bits per heavy atom. The second-order valence-electron chi connectivity index (χ2n) is 12.6. The monoisotopic (exact) mass is 600 g/mol. The first-order valence-electron chi connectivity index (χ1n) is 16.2. The number of hydrogen-bond acceptors (Lipinski definition) is 1. The van der Waals surface area contributed by atoms with Crippen molar-refractivity contribution in [1.82, 2.24) is 9.13 Å². The van der Waals surface area contributed by atoms with Gasteiger partial charge in [0.05, 0.1) is 22.1 Å². The summed E-state index contributed by atoms with van der Waals surface area (Å²) in [6.07, 6.45) is 0. The van der Waals surface area contributed by atoms with Crippen LogP contribution in [0.2, 0.25) is 0 Å². The van der Waals surface area contributed by atoms with Gasteiger partial charge in [0.1, 0.15) is 11.5 Å². The molecule has 220 valence electrons. The summed E-state index contributed by atoms with van der Waals surface area (Å²) in [5, 5.41) is 5.01. The molecule has 0 amide bonds. The number of rotatable bonds is 3. The quantitative estimate of drug-likeness (QED) is 0.186. The average molecular weight is 601 g/mol. The highest BCUT2D eigenvalue weighted by atomic mass is 16.5. The first-order chi connectivity index (χ1) is 23.3. The zero-order valence-corrected chi connectivity index (χ0v) is 25.9. The maximum Gasteiger partial charge on any atom is 0.256 e. The lowest BCUT2D eigenvalue weighted by atomic mass is 9.35. The standard InChI is InChI=1S/C43H29BN2O/c1-28-26-39(45-35-20-8-2-14-29(35)30-15-3-9-21-36(30)45)43(44-33-18-6-12-24-41(33)47-42-25-13-7-19-34(42)44)40(27-28)46-37-22-10-4-16-31(37)32-17-5-11-23-38(32)46/h2-27H,1H3. The zero-order valence-electron chi connectivity index (χ0n) is 25.9. The summed E-state index contributed by atoms with van der Waals surface area (Å²) in [4.78, 5) is 0. The van der Waals surface area contributed by atoms with Crippen molar-refractivity contribution in [3.63, 3.8) is 0 Å². The van der Waals surface area contributed by atoms with Crippen molar-refractivity contribution in [2.45, 2.75) is 6.92 Å². The van der Waals surface area contributed by atoms with Crippen molar-refractivity contribution in [2.24, 2.45) is 0 Å². The fourth-order valence-electron chi connectivity index (χ4n) is 8.01. The Bertz CT molecular complexity index is 2410. The smallest absolute Gasteiger partial charge is 0.256 e. The topological polar surface area (TPSA) is 19.1 Å². The van der Waals surface area contributed by atoms with Gasteiger partial charge >= 0.3 is 0 Å². The van der Waals surface area contributed by atoms with Crippen LogP contribution in [0.25, 0.3) is 55.0 Å². The number of hydrogen-bond donors (Lipinski definition) is 0. The van der Waals surface area contributed by atoms with Gasteiger partial charge in [-0.15, -0.1) is 0 Å². The molecule has 47 heavy (non-hydrogen) atoms. The maximum atomic E-state index is 6.58. The Morgan fingerprint density at radius 2 is 0.766 bits per heavy atom. The van der Waals surface area contributed by atoms with Gasteiger partial charge in [-0.2, -0.15) is 0 Å². The molecule has 0 N–H and O–H groups in total. The van der Waals surface area contributed by atoms with Gasteiger partial charge in [-0.1, -0.05) is 109 Å². The van der Waals surface area contributed by atoms with E-state index in [4.69, 9.17) is 4.74 Å². The summed E-state index contributed by atoms with van der Waals surface area (Å²) >= 11 is 0. The van der Waals surface area contributed by atoms with Gasteiger partial charge in [0.2, 0.25) is 0 Å². The highest BCUT2D eigenvalue weighted by Gasteiger charge is 2.37. The summed E-state index contributed by atoms with van der Waals surface area (Å²) in [6.45, 7) is 2.14. The van der Waals surface area contributed by atoms with E-state index >= 15 is 0 Å². The molecule has 1 aliphatic rings. The van der Waals surface area contributed by atoms with E-state index in [-0.39, 0.29) is 6.71 Å². The molecule has 2 aromatic heterocycles. The van der Waals surface area contributed by atoms with Crippen LogP contribution in [0.1, 0.15) is 5.56 Å². The van der Waals surface area contributed by atoms with Crippen LogP contribution in [0.4, 0.5) is 0 Å². The van der Waals surface area contributed by atoms with Crippen LogP contribution in [0.5, 0.6) is 11.5 Å². The van der Waals surface area contributed by atoms with Gasteiger partial charge in [0.15, 0.2) is 0 Å². The molecule has 0 bridgehead atoms. The van der Waals surface area contributed by atoms with E-state index in [9.17, 15) is 0 Å². The van der Waals surface area contributed by atoms with Gasteiger partial charge in [-0.05, 0) is 77.4 Å². The summed E-state index contributed by atoms with van der Waals surface area (Å²) in [6, 6.07) is 57.1. The summed E-state index contributed by atoms with van der Waals surface area (Å²) in [5.41, 5.74) is 11.9. The molecular weight excluding hydrogens is 571 g/mol. The number of fused-ring (bicyclic) bond motifs is 8. The van der Waals surface area contributed by atoms with Crippen molar-refractivity contribution in [3.05, 3.63) is 163 Å². The third kappa shape index (κ3) is 3.76. The van der Waals surface area contributed by atoms with Crippen LogP contribution in [0, 0.1) is 6.92 Å². The Balaban J connectivity index is 1.43. The number of benzene rings is 7. The Labute approximate surface area is 273 Å². The first kappa shape index (κ1) is 26.2. The molecule has 4 heteroatoms. The lowest BCUT2D eigenvalue weighted by Gasteiger charge is -2.30. The van der Waals surface area contributed by atoms with Crippen LogP contribution in [0.3, 0.4) is 0 Å². The molecule has 0 spiro atoms. The number of para-hydroxylation sites is 6. The molecule has 9 aromatic rings. The lowest BCUT2D eigenvalue weighted by molar-refractivity contribution is 0.487. The van der Waals surface area contributed by atoms with Crippen LogP contribution >= 0.6 is 0 Å². The van der Waals surface area contributed by atoms with Crippen molar-refractivity contribution in [1.29, 1.82) is 0 Å². The molecule has 1 aliphatic heterocycles. The molecule has 0 fully saturated rings. The van der Waals surface area contributed by atoms with Crippen molar-refractivity contribution >= 4 is 66.7 Å². The normalized spacial score (nSPS) is 12.5. The van der Waals surface area contributed by atoms with E-state index in [0.717, 1.165) is 11.5 Å². The molecule has 0 atom stereocenters. The minimum absolute atomic E-state index is 0.0819. The first-order valence-corrected chi connectivity index (χ1v) is 16.2. The van der Waals surface area contributed by atoms with E-state index in [1.54, 1.807) is 0 Å². The predicted octanol–water partition coefficient (Wildman–Crippen LogP) is 8.81. The van der Waals surface area contributed by atoms with E-state index in [2.05, 4.69) is 174 Å². The van der Waals surface area contributed by atoms with Crippen molar-refractivity contribution in [2.75, 3.05) is 0 Å². The number of ether oxygens (including phenoxy) is 1. The van der Waals surface area contributed by atoms with Crippen LogP contribution in [-0.4, -0.2) is 15.8 Å². The second-order valence-corrected chi connectivity index (χ2v) is 12.6. The molecule has 0 aliphatic carbocycles. The van der Waals surface area contributed by atoms with E-state index in [0.29, 0.717) is 0 Å². The predicted molar refractivity (Wildman–Crippen MR) is 197 cm³/mol. The molecule has 0 unspecified atom stereocenters. The number of nitrogens with zero attached hydrogens (tertiary/aromatic N) is 2. The number of aromatic nitrogens is 2. The molecule has 10 rings (SSSR count). The van der Waals surface area contributed by atoms with Gasteiger partial charge in [-0.25, -0.2) is 0 Å². The zero-order chi connectivity index (χ0) is 31.1. The van der Waals surface area contributed by atoms with Crippen molar-refractivity contribution < 1.29 is 4.74 Å². The van der Waals surface area contributed by atoms with Gasteiger partial charge in [0, 0.05) is 32.9 Å². The largest absolute Gasteiger partial charge is 0.458 e. The van der Waals surface area contributed by atoms with Crippen molar-refractivity contribution in [3.8, 4) is 22.9 Å². The third-order valence-electron chi connectivity index (χ3n) is 9.89. The van der Waals surface area contributed by atoms with Crippen LogP contribution in [-0.2, 0) is 0 Å². The maximum absolute atomic E-state index is 6.58. The molecule has 0 saturated carbocycles. The van der Waals surface area contributed by atoms with Gasteiger partial charge in [-0.3, -0.25) is 0 Å². The summed E-state index contributed by atoms with van der Waals surface area (Å²) in [7, 11) is 0. The third-order valence-corrected chi connectivity index (χ3v) is 9.89. The molecular formula is C43H29BN2O. The SMILES string of the molecule is Cc1cc(-n2c3ccccc3c3ccccc32)c(B2c3ccccc3Oc3ccccc32)c(-n2c3ccccc3c3ccccc32)c1. The van der Waals surface area contributed by atoms with Gasteiger partial charge < -0.3 is 13.9 Å². The van der Waals surface area contributed by atoms with E-state index in [1.807, 2.05) is 0 Å². The molecule has 3 nitrogen and oxygen atoms in total. The lowest BCUT2D eigenvalue weighted by Crippen LogP contribution is -2.57. The summed E-state index contributed by atoms with van der Waals surface area (Å²) in [5.74, 6) is 1.80. The molecule has 0 radical (unpaired) electrons. The highest BCUT2D eigenvalue weighted by Crippen LogP contribution is 2.36. The molecule has 3 heterocycles. The Kier molecular flexibility index (Phi) is 5.59. The Morgan fingerprint density at radius 3 is 1.17 bits per heavy atom. The fourth-order valence-corrected chi connectivity index (χ4v) is 8.01. The minimum atomic E-state index is -0.0819. The van der Waals surface area contributed by atoms with E-state index < -0.39 is 0 Å². The average Bonchev–Trinajstić information content (AvgIpc) is 3.63. The van der Waals surface area contributed by atoms with Crippen LogP contribution in [0.15, 0.2) is 158 Å². The Hall–Kier alpha value is -6.00. The fraction of sp³-hybridized carbons (Fsp3) is 0.0233. The second kappa shape index (κ2) is 10.0.